The number of benzene rings is 1. The van der Waals surface area contributed by atoms with Crippen molar-refractivity contribution in [3.63, 3.8) is 0 Å². The molecule has 1 saturated heterocycles. The molecule has 1 heterocycles. The second-order valence-electron chi connectivity index (χ2n) is 5.82. The van der Waals surface area contributed by atoms with Crippen molar-refractivity contribution in [2.24, 2.45) is 5.92 Å². The van der Waals surface area contributed by atoms with Crippen LogP contribution in [0.3, 0.4) is 0 Å². The molecule has 2 atom stereocenters. The fourth-order valence-corrected chi connectivity index (χ4v) is 2.90. The van der Waals surface area contributed by atoms with Gasteiger partial charge in [-0.3, -0.25) is 4.79 Å². The van der Waals surface area contributed by atoms with Crippen molar-refractivity contribution in [3.05, 3.63) is 35.9 Å². The highest BCUT2D eigenvalue weighted by molar-refractivity contribution is 5.77. The first-order valence-electron chi connectivity index (χ1n) is 7.95. The van der Waals surface area contributed by atoms with Crippen LogP contribution in [0.5, 0.6) is 0 Å². The topological polar surface area (TPSA) is 69.6 Å². The standard InChI is InChI=1S/C17H24N2O3/c1-2-7-15(13-8-4-3-5-9-13)18-17(22)19-11-6-10-14(12-19)16(20)21/h3-5,8-9,14-15H,2,6-7,10-12H2,1H3,(H,18,22)(H,20,21). The normalized spacial score (nSPS) is 19.5. The Hall–Kier alpha value is -2.04. The number of piperidine rings is 1. The van der Waals surface area contributed by atoms with Crippen molar-refractivity contribution in [3.8, 4) is 0 Å². The number of urea groups is 1. The van der Waals surface area contributed by atoms with Crippen molar-refractivity contribution >= 4 is 12.0 Å². The number of carboxylic acids is 1. The Morgan fingerprint density at radius 1 is 1.36 bits per heavy atom. The Labute approximate surface area is 131 Å². The zero-order chi connectivity index (χ0) is 15.9. The molecule has 5 heteroatoms. The van der Waals surface area contributed by atoms with Crippen molar-refractivity contribution in [1.29, 1.82) is 0 Å². The Bertz CT molecular complexity index is 504. The van der Waals surface area contributed by atoms with Gasteiger partial charge in [-0.25, -0.2) is 4.79 Å². The molecule has 2 rings (SSSR count). The average molecular weight is 304 g/mol. The summed E-state index contributed by atoms with van der Waals surface area (Å²) in [4.78, 5) is 25.2. The molecule has 0 aromatic heterocycles. The SMILES string of the molecule is CCCC(NC(=O)N1CCCC(C(=O)O)C1)c1ccccc1. The van der Waals surface area contributed by atoms with Crippen LogP contribution in [-0.4, -0.2) is 35.1 Å². The van der Waals surface area contributed by atoms with Gasteiger partial charge in [-0.05, 0) is 24.8 Å². The van der Waals surface area contributed by atoms with Gasteiger partial charge in [0.1, 0.15) is 0 Å². The molecule has 0 radical (unpaired) electrons. The maximum absolute atomic E-state index is 12.4. The third-order valence-electron chi connectivity index (χ3n) is 4.13. The molecule has 0 bridgehead atoms. The number of carboxylic acid groups (broad SMARTS) is 1. The molecule has 2 N–H and O–H groups in total. The second-order valence-corrected chi connectivity index (χ2v) is 5.82. The summed E-state index contributed by atoms with van der Waals surface area (Å²) in [7, 11) is 0. The minimum atomic E-state index is -0.814. The number of hydrogen-bond donors (Lipinski definition) is 2. The summed E-state index contributed by atoms with van der Waals surface area (Å²) in [5.41, 5.74) is 1.09. The van der Waals surface area contributed by atoms with Crippen molar-refractivity contribution < 1.29 is 14.7 Å². The Morgan fingerprint density at radius 3 is 2.73 bits per heavy atom. The lowest BCUT2D eigenvalue weighted by Gasteiger charge is -2.32. The van der Waals surface area contributed by atoms with Crippen LogP contribution in [-0.2, 0) is 4.79 Å². The molecule has 0 aliphatic carbocycles. The monoisotopic (exact) mass is 304 g/mol. The Kier molecular flexibility index (Phi) is 5.81. The van der Waals surface area contributed by atoms with E-state index in [0.717, 1.165) is 24.8 Å². The summed E-state index contributed by atoms with van der Waals surface area (Å²) in [6, 6.07) is 9.72. The van der Waals surface area contributed by atoms with E-state index in [1.807, 2.05) is 30.3 Å². The molecule has 22 heavy (non-hydrogen) atoms. The van der Waals surface area contributed by atoms with Crippen LogP contribution in [0.2, 0.25) is 0 Å². The maximum Gasteiger partial charge on any atom is 0.317 e. The van der Waals surface area contributed by atoms with E-state index in [1.165, 1.54) is 0 Å². The molecule has 120 valence electrons. The number of amides is 2. The van der Waals surface area contributed by atoms with E-state index in [0.29, 0.717) is 19.5 Å². The van der Waals surface area contributed by atoms with Crippen LogP contribution in [0.1, 0.15) is 44.2 Å². The number of carbonyl (C=O) groups is 2. The van der Waals surface area contributed by atoms with Crippen molar-refractivity contribution in [2.75, 3.05) is 13.1 Å². The Morgan fingerprint density at radius 2 is 2.09 bits per heavy atom. The van der Waals surface area contributed by atoms with Crippen LogP contribution in [0.15, 0.2) is 30.3 Å². The first kappa shape index (κ1) is 16.3. The van der Waals surface area contributed by atoms with Crippen LogP contribution in [0, 0.1) is 5.92 Å². The largest absolute Gasteiger partial charge is 0.481 e. The molecule has 1 aliphatic heterocycles. The van der Waals surface area contributed by atoms with Crippen LogP contribution in [0.4, 0.5) is 4.79 Å². The molecular weight excluding hydrogens is 280 g/mol. The van der Waals surface area contributed by atoms with Gasteiger partial charge in [0.15, 0.2) is 0 Å². The molecule has 5 nitrogen and oxygen atoms in total. The minimum absolute atomic E-state index is 0.0242. The van der Waals surface area contributed by atoms with Gasteiger partial charge in [0.25, 0.3) is 0 Å². The zero-order valence-electron chi connectivity index (χ0n) is 13.0. The summed E-state index contributed by atoms with van der Waals surface area (Å²) in [5.74, 6) is -1.26. The summed E-state index contributed by atoms with van der Waals surface area (Å²) in [6.07, 6.45) is 3.23. The van der Waals surface area contributed by atoms with E-state index in [2.05, 4.69) is 12.2 Å². The number of aliphatic carboxylic acids is 1. The van der Waals surface area contributed by atoms with Gasteiger partial charge in [0, 0.05) is 13.1 Å². The number of carbonyl (C=O) groups excluding carboxylic acids is 1. The lowest BCUT2D eigenvalue weighted by atomic mass is 9.98. The third-order valence-corrected chi connectivity index (χ3v) is 4.13. The third kappa shape index (κ3) is 4.23. The van der Waals surface area contributed by atoms with Crippen molar-refractivity contribution in [2.45, 2.75) is 38.6 Å². The van der Waals surface area contributed by atoms with E-state index >= 15 is 0 Å². The van der Waals surface area contributed by atoms with Crippen LogP contribution >= 0.6 is 0 Å². The average Bonchev–Trinajstić information content (AvgIpc) is 2.55. The zero-order valence-corrected chi connectivity index (χ0v) is 13.0. The number of rotatable bonds is 5. The molecule has 1 aromatic rings. The highest BCUT2D eigenvalue weighted by Crippen LogP contribution is 2.21. The van der Waals surface area contributed by atoms with E-state index < -0.39 is 11.9 Å². The highest BCUT2D eigenvalue weighted by atomic mass is 16.4. The van der Waals surface area contributed by atoms with Gasteiger partial charge in [-0.2, -0.15) is 0 Å². The molecule has 2 unspecified atom stereocenters. The summed E-state index contributed by atoms with van der Waals surface area (Å²) < 4.78 is 0. The second kappa shape index (κ2) is 7.82. The molecule has 1 aliphatic rings. The van der Waals surface area contributed by atoms with E-state index in [-0.39, 0.29) is 12.1 Å². The molecule has 2 amide bonds. The number of nitrogens with zero attached hydrogens (tertiary/aromatic N) is 1. The number of likely N-dealkylation sites (tertiary alicyclic amines) is 1. The van der Waals surface area contributed by atoms with E-state index in [4.69, 9.17) is 5.11 Å². The summed E-state index contributed by atoms with van der Waals surface area (Å²) >= 11 is 0. The summed E-state index contributed by atoms with van der Waals surface area (Å²) in [6.45, 7) is 3.02. The van der Waals surface area contributed by atoms with Gasteiger partial charge < -0.3 is 15.3 Å². The quantitative estimate of drug-likeness (QED) is 0.878. The van der Waals surface area contributed by atoms with Crippen LogP contribution in [0.25, 0.3) is 0 Å². The fourth-order valence-electron chi connectivity index (χ4n) is 2.90. The predicted molar refractivity (Wildman–Crippen MR) is 84.6 cm³/mol. The minimum Gasteiger partial charge on any atom is -0.481 e. The first-order chi connectivity index (χ1) is 10.6. The Balaban J connectivity index is 2.00. The van der Waals surface area contributed by atoms with Crippen molar-refractivity contribution in [1.82, 2.24) is 10.2 Å². The van der Waals surface area contributed by atoms with Gasteiger partial charge in [-0.1, -0.05) is 43.7 Å². The maximum atomic E-state index is 12.4. The lowest BCUT2D eigenvalue weighted by molar-refractivity contribution is -0.143. The molecule has 0 spiro atoms. The molecule has 1 aromatic carbocycles. The number of nitrogens with one attached hydrogen (secondary N) is 1. The predicted octanol–water partition coefficient (Wildman–Crippen LogP) is 3.03. The van der Waals surface area contributed by atoms with Crippen LogP contribution < -0.4 is 5.32 Å². The summed E-state index contributed by atoms with van der Waals surface area (Å²) in [5, 5.41) is 12.2. The van der Waals surface area contributed by atoms with Gasteiger partial charge >= 0.3 is 12.0 Å². The van der Waals surface area contributed by atoms with E-state index in [1.54, 1.807) is 4.90 Å². The lowest BCUT2D eigenvalue weighted by Crippen LogP contribution is -2.47. The van der Waals surface area contributed by atoms with Gasteiger partial charge in [0.2, 0.25) is 0 Å². The van der Waals surface area contributed by atoms with E-state index in [9.17, 15) is 9.59 Å². The van der Waals surface area contributed by atoms with Gasteiger partial charge in [-0.15, -0.1) is 0 Å². The molecule has 1 fully saturated rings. The molecule has 0 saturated carbocycles. The number of hydrogen-bond acceptors (Lipinski definition) is 2. The fraction of sp³-hybridized carbons (Fsp3) is 0.529. The smallest absolute Gasteiger partial charge is 0.317 e. The first-order valence-corrected chi connectivity index (χ1v) is 7.95. The highest BCUT2D eigenvalue weighted by Gasteiger charge is 2.29. The molecular formula is C17H24N2O3. The van der Waals surface area contributed by atoms with Gasteiger partial charge in [0.05, 0.1) is 12.0 Å².